The first-order valence-corrected chi connectivity index (χ1v) is 15.1. The monoisotopic (exact) mass is 532 g/mol. The van der Waals surface area contributed by atoms with E-state index in [2.05, 4.69) is 151 Å². The highest BCUT2D eigenvalue weighted by atomic mass is 15.2. The average Bonchev–Trinajstić information content (AvgIpc) is 3.00. The summed E-state index contributed by atoms with van der Waals surface area (Å²) in [7, 11) is 0. The Morgan fingerprint density at radius 1 is 0.805 bits per heavy atom. The first kappa shape index (κ1) is 24.5. The molecule has 1 fully saturated rings. The van der Waals surface area contributed by atoms with Crippen LogP contribution in [-0.4, -0.2) is 0 Å². The maximum Gasteiger partial charge on any atom is 0.213 e. The summed E-state index contributed by atoms with van der Waals surface area (Å²) < 4.78 is 5.19. The second-order valence-electron chi connectivity index (χ2n) is 12.6. The number of hydrogen-bond acceptors (Lipinski definition) is 0. The Morgan fingerprint density at radius 2 is 1.61 bits per heavy atom. The lowest BCUT2D eigenvalue weighted by atomic mass is 9.48. The number of benzene rings is 3. The quantitative estimate of drug-likeness (QED) is 0.164. The molecule has 200 valence electrons. The molecule has 2 aliphatic heterocycles. The molecule has 1 spiro atoms. The molecule has 0 N–H and O–H groups in total. The second-order valence-corrected chi connectivity index (χ2v) is 12.6. The van der Waals surface area contributed by atoms with Crippen molar-refractivity contribution in [2.24, 2.45) is 11.8 Å². The van der Waals surface area contributed by atoms with Crippen LogP contribution < -0.4 is 9.13 Å². The van der Waals surface area contributed by atoms with E-state index in [1.165, 1.54) is 50.3 Å². The molecule has 2 heteroatoms. The normalized spacial score (nSPS) is 23.0. The fourth-order valence-electron chi connectivity index (χ4n) is 8.38. The van der Waals surface area contributed by atoms with Gasteiger partial charge in [0.1, 0.15) is 11.8 Å². The molecule has 3 aliphatic rings. The highest BCUT2D eigenvalue weighted by Gasteiger charge is 2.75. The van der Waals surface area contributed by atoms with Gasteiger partial charge in [-0.15, -0.1) is 6.58 Å². The molecule has 2 aromatic heterocycles. The number of aromatic nitrogens is 2. The van der Waals surface area contributed by atoms with Crippen molar-refractivity contribution in [1.82, 2.24) is 0 Å². The third-order valence-corrected chi connectivity index (χ3v) is 9.94. The third-order valence-electron chi connectivity index (χ3n) is 9.94. The van der Waals surface area contributed by atoms with Crippen molar-refractivity contribution >= 4 is 0 Å². The van der Waals surface area contributed by atoms with Crippen molar-refractivity contribution in [1.29, 1.82) is 0 Å². The number of pyridine rings is 2. The summed E-state index contributed by atoms with van der Waals surface area (Å²) in [5.41, 5.74) is 12.1. The van der Waals surface area contributed by atoms with Gasteiger partial charge in [0.25, 0.3) is 0 Å². The van der Waals surface area contributed by atoms with E-state index in [-0.39, 0.29) is 5.54 Å². The zero-order chi connectivity index (χ0) is 27.7. The summed E-state index contributed by atoms with van der Waals surface area (Å²) in [5.74, 6) is 1.26. The molecule has 5 aromatic rings. The van der Waals surface area contributed by atoms with Gasteiger partial charge >= 0.3 is 0 Å². The van der Waals surface area contributed by atoms with Crippen molar-refractivity contribution in [3.63, 3.8) is 0 Å². The van der Waals surface area contributed by atoms with Crippen LogP contribution in [0.3, 0.4) is 0 Å². The van der Waals surface area contributed by atoms with Crippen LogP contribution in [0.5, 0.6) is 0 Å². The van der Waals surface area contributed by atoms with Crippen LogP contribution in [0.15, 0.2) is 128 Å². The zero-order valence-electron chi connectivity index (χ0n) is 23.9. The van der Waals surface area contributed by atoms with Crippen LogP contribution >= 0.6 is 0 Å². The Labute approximate surface area is 243 Å². The van der Waals surface area contributed by atoms with Crippen LogP contribution in [0.25, 0.3) is 33.6 Å². The van der Waals surface area contributed by atoms with Gasteiger partial charge in [-0.3, -0.25) is 0 Å². The molecule has 0 saturated heterocycles. The minimum Gasteiger partial charge on any atom is -0.194 e. The van der Waals surface area contributed by atoms with Gasteiger partial charge in [0.05, 0.1) is 11.1 Å². The summed E-state index contributed by atoms with van der Waals surface area (Å²) in [6.45, 7) is 9.09. The van der Waals surface area contributed by atoms with Crippen LogP contribution in [-0.2, 0) is 18.4 Å². The summed E-state index contributed by atoms with van der Waals surface area (Å²) in [6, 6.07) is 38.9. The molecular weight excluding hydrogens is 496 g/mol. The van der Waals surface area contributed by atoms with Gasteiger partial charge in [0, 0.05) is 30.7 Å². The lowest BCUT2D eigenvalue weighted by Crippen LogP contribution is -2.80. The standard InChI is InChI=1S/C39H36N2/c1-4-34-38-37(32-15-9-8-14-31(32)35-16-10-11-20-40(35)38)39(34)25-30-18-17-29(28-12-6-5-7-13-28)24-33(30)36-23-27(22-26(2)3)19-21-41(36)39/h4-21,23-24,26,34,37-38H,1,22,25H2,2-3H3/q+2. The first-order valence-electron chi connectivity index (χ1n) is 15.1. The van der Waals surface area contributed by atoms with Gasteiger partial charge in [-0.2, -0.15) is 9.13 Å². The maximum absolute atomic E-state index is 4.47. The van der Waals surface area contributed by atoms with Crippen LogP contribution in [0.4, 0.5) is 0 Å². The molecule has 4 atom stereocenters. The van der Waals surface area contributed by atoms with Crippen molar-refractivity contribution in [2.75, 3.05) is 0 Å². The minimum absolute atomic E-state index is 0.115. The van der Waals surface area contributed by atoms with Gasteiger partial charge in [-0.05, 0) is 58.4 Å². The topological polar surface area (TPSA) is 7.76 Å². The smallest absolute Gasteiger partial charge is 0.194 e. The number of fused-ring (bicyclic) bond motifs is 11. The molecular formula is C39H36N2+2. The average molecular weight is 533 g/mol. The molecule has 1 aliphatic carbocycles. The Bertz CT molecular complexity index is 1820. The molecule has 1 saturated carbocycles. The molecule has 0 bridgehead atoms. The van der Waals surface area contributed by atoms with Gasteiger partial charge < -0.3 is 0 Å². The molecule has 4 heterocycles. The van der Waals surface area contributed by atoms with Crippen molar-refractivity contribution in [3.8, 4) is 33.6 Å². The van der Waals surface area contributed by atoms with E-state index in [1.54, 1.807) is 0 Å². The van der Waals surface area contributed by atoms with E-state index in [4.69, 9.17) is 0 Å². The lowest BCUT2D eigenvalue weighted by Gasteiger charge is -2.56. The molecule has 2 nitrogen and oxygen atoms in total. The summed E-state index contributed by atoms with van der Waals surface area (Å²) >= 11 is 0. The zero-order valence-corrected chi connectivity index (χ0v) is 23.9. The Balaban J connectivity index is 1.37. The lowest BCUT2D eigenvalue weighted by molar-refractivity contribution is -0.837. The van der Waals surface area contributed by atoms with Crippen molar-refractivity contribution < 1.29 is 9.13 Å². The number of hydrogen-bond donors (Lipinski definition) is 0. The fraction of sp³-hybridized carbons (Fsp3) is 0.231. The highest BCUT2D eigenvalue weighted by Crippen LogP contribution is 2.64. The molecule has 0 amide bonds. The van der Waals surface area contributed by atoms with Crippen molar-refractivity contribution in [2.45, 2.75) is 44.2 Å². The number of rotatable bonds is 4. The second kappa shape index (κ2) is 9.11. The predicted octanol–water partition coefficient (Wildman–Crippen LogP) is 7.87. The van der Waals surface area contributed by atoms with Crippen LogP contribution in [0, 0.1) is 11.8 Å². The fourth-order valence-corrected chi connectivity index (χ4v) is 8.38. The van der Waals surface area contributed by atoms with E-state index in [0.717, 1.165) is 12.8 Å². The maximum atomic E-state index is 4.47. The number of nitrogens with zero attached hydrogens (tertiary/aromatic N) is 2. The minimum atomic E-state index is -0.115. The molecule has 0 radical (unpaired) electrons. The SMILES string of the molecule is C=CC1C2C(c3ccccc3-c3cccc[n+]32)C12Cc1ccc(-c3ccccc3)cc1-c1cc(CC(C)C)cc[n+]12. The number of allylic oxidation sites excluding steroid dienone is 1. The Morgan fingerprint density at radius 3 is 2.44 bits per heavy atom. The van der Waals surface area contributed by atoms with E-state index in [1.807, 2.05) is 0 Å². The first-order chi connectivity index (χ1) is 20.1. The third kappa shape index (κ3) is 3.43. The highest BCUT2D eigenvalue weighted by molar-refractivity contribution is 5.74. The summed E-state index contributed by atoms with van der Waals surface area (Å²) in [6.07, 6.45) is 9.02. The van der Waals surface area contributed by atoms with E-state index >= 15 is 0 Å². The van der Waals surface area contributed by atoms with E-state index < -0.39 is 0 Å². The van der Waals surface area contributed by atoms with Crippen LogP contribution in [0.1, 0.15) is 42.5 Å². The van der Waals surface area contributed by atoms with Gasteiger partial charge in [0.15, 0.2) is 24.0 Å². The van der Waals surface area contributed by atoms with Gasteiger partial charge in [-0.25, -0.2) is 0 Å². The van der Waals surface area contributed by atoms with Gasteiger partial charge in [-0.1, -0.05) is 80.6 Å². The van der Waals surface area contributed by atoms with Crippen LogP contribution in [0.2, 0.25) is 0 Å². The van der Waals surface area contributed by atoms with E-state index in [9.17, 15) is 0 Å². The largest absolute Gasteiger partial charge is 0.213 e. The molecule has 8 rings (SSSR count). The molecule has 41 heavy (non-hydrogen) atoms. The summed E-state index contributed by atoms with van der Waals surface area (Å²) in [4.78, 5) is 0. The van der Waals surface area contributed by atoms with E-state index in [0.29, 0.717) is 23.8 Å². The summed E-state index contributed by atoms with van der Waals surface area (Å²) in [5, 5.41) is 0. The Hall–Kier alpha value is -4.30. The van der Waals surface area contributed by atoms with Crippen molar-refractivity contribution in [3.05, 3.63) is 145 Å². The molecule has 3 aromatic carbocycles. The predicted molar refractivity (Wildman–Crippen MR) is 165 cm³/mol. The Kier molecular flexibility index (Phi) is 5.44. The van der Waals surface area contributed by atoms with Gasteiger partial charge in [0.2, 0.25) is 11.4 Å². The molecule has 4 unspecified atom stereocenters.